The van der Waals surface area contributed by atoms with E-state index in [1.807, 2.05) is 45.0 Å². The van der Waals surface area contributed by atoms with Crippen LogP contribution in [-0.2, 0) is 16.0 Å². The summed E-state index contributed by atoms with van der Waals surface area (Å²) < 4.78 is 0. The van der Waals surface area contributed by atoms with Gasteiger partial charge in [-0.25, -0.2) is 4.98 Å². The molecule has 1 atom stereocenters. The number of nitrogens with one attached hydrogen (secondary N) is 1. The van der Waals surface area contributed by atoms with Gasteiger partial charge in [0, 0.05) is 11.7 Å². The minimum atomic E-state index is -0.137. The lowest BCUT2D eigenvalue weighted by molar-refractivity contribution is -0.123. The lowest BCUT2D eigenvalue weighted by Gasteiger charge is -2.30. The van der Waals surface area contributed by atoms with Gasteiger partial charge in [-0.3, -0.25) is 14.5 Å². The smallest absolute Gasteiger partial charge is 0.240 e. The zero-order valence-corrected chi connectivity index (χ0v) is 16.8. The minimum Gasteiger partial charge on any atom is -0.352 e. The molecule has 0 aliphatic carbocycles. The third kappa shape index (κ3) is 4.89. The number of benzene rings is 1. The van der Waals surface area contributed by atoms with E-state index in [4.69, 9.17) is 0 Å². The standard InChI is InChI=1S/C21H25N3O2S/c1-14-11-16(3)23-21-20(14)24(19(26)13-27-21)12-18(25)22-15(2)9-10-17-7-5-4-6-8-17/h4-8,11,15H,9-10,12-13H2,1-3H3,(H,22,25). The maximum atomic E-state index is 12.5. The highest BCUT2D eigenvalue weighted by Gasteiger charge is 2.29. The molecule has 1 aliphatic rings. The van der Waals surface area contributed by atoms with Crippen molar-refractivity contribution in [2.45, 2.75) is 44.7 Å². The Kier molecular flexibility index (Phi) is 6.16. The molecule has 2 heterocycles. The average Bonchev–Trinajstić information content (AvgIpc) is 2.63. The molecular formula is C21H25N3O2S. The number of hydrogen-bond acceptors (Lipinski definition) is 4. The number of nitrogens with zero attached hydrogens (tertiary/aromatic N) is 2. The van der Waals surface area contributed by atoms with Crippen molar-refractivity contribution in [3.63, 3.8) is 0 Å². The maximum Gasteiger partial charge on any atom is 0.240 e. The Balaban J connectivity index is 1.61. The van der Waals surface area contributed by atoms with E-state index >= 15 is 0 Å². The third-order valence-electron chi connectivity index (χ3n) is 4.60. The molecule has 1 aromatic carbocycles. The highest BCUT2D eigenvalue weighted by molar-refractivity contribution is 8.00. The molecule has 2 aromatic rings. The van der Waals surface area contributed by atoms with Crippen molar-refractivity contribution in [1.82, 2.24) is 10.3 Å². The molecule has 0 radical (unpaired) electrons. The van der Waals surface area contributed by atoms with E-state index in [1.165, 1.54) is 17.3 Å². The molecule has 0 spiro atoms. The summed E-state index contributed by atoms with van der Waals surface area (Å²) in [5, 5.41) is 3.85. The predicted octanol–water partition coefficient (Wildman–Crippen LogP) is 3.27. The van der Waals surface area contributed by atoms with E-state index in [0.29, 0.717) is 5.75 Å². The van der Waals surface area contributed by atoms with Crippen LogP contribution in [0.5, 0.6) is 0 Å². The molecule has 5 nitrogen and oxygen atoms in total. The molecule has 0 fully saturated rings. The molecule has 1 N–H and O–H groups in total. The summed E-state index contributed by atoms with van der Waals surface area (Å²) >= 11 is 1.44. The van der Waals surface area contributed by atoms with Crippen LogP contribution in [-0.4, -0.2) is 35.1 Å². The number of aromatic nitrogens is 1. The molecule has 2 amide bonds. The Hall–Kier alpha value is -2.34. The SMILES string of the molecule is Cc1cc(C)c2c(n1)SCC(=O)N2CC(=O)NC(C)CCc1ccccc1. The summed E-state index contributed by atoms with van der Waals surface area (Å²) in [7, 11) is 0. The van der Waals surface area contributed by atoms with Crippen molar-refractivity contribution in [3.05, 3.63) is 53.2 Å². The van der Waals surface area contributed by atoms with Crippen molar-refractivity contribution < 1.29 is 9.59 Å². The normalized spacial score (nSPS) is 14.6. The van der Waals surface area contributed by atoms with Crippen LogP contribution in [0.1, 0.15) is 30.2 Å². The molecule has 3 rings (SSSR count). The van der Waals surface area contributed by atoms with Crippen molar-refractivity contribution in [2.75, 3.05) is 17.2 Å². The number of amides is 2. The van der Waals surface area contributed by atoms with Crippen molar-refractivity contribution in [3.8, 4) is 0 Å². The number of carbonyl (C=O) groups excluding carboxylic acids is 2. The number of carbonyl (C=O) groups is 2. The molecule has 1 unspecified atom stereocenters. The maximum absolute atomic E-state index is 12.5. The van der Waals surface area contributed by atoms with Gasteiger partial charge in [0.25, 0.3) is 0 Å². The molecule has 0 saturated carbocycles. The van der Waals surface area contributed by atoms with Crippen LogP contribution in [0, 0.1) is 13.8 Å². The van der Waals surface area contributed by atoms with Gasteiger partial charge in [0.2, 0.25) is 11.8 Å². The molecule has 0 saturated heterocycles. The number of anilines is 1. The minimum absolute atomic E-state index is 0.0354. The summed E-state index contributed by atoms with van der Waals surface area (Å²) in [6.07, 6.45) is 1.77. The van der Waals surface area contributed by atoms with Crippen molar-refractivity contribution in [2.24, 2.45) is 0 Å². The van der Waals surface area contributed by atoms with E-state index in [2.05, 4.69) is 22.4 Å². The first kappa shape index (κ1) is 19.4. The number of pyridine rings is 1. The van der Waals surface area contributed by atoms with Gasteiger partial charge < -0.3 is 5.32 Å². The van der Waals surface area contributed by atoms with Crippen molar-refractivity contribution >= 4 is 29.3 Å². The lowest BCUT2D eigenvalue weighted by atomic mass is 10.1. The van der Waals surface area contributed by atoms with E-state index in [9.17, 15) is 9.59 Å². The van der Waals surface area contributed by atoms with Crippen LogP contribution in [0.4, 0.5) is 5.69 Å². The number of fused-ring (bicyclic) bond motifs is 1. The Bertz CT molecular complexity index is 839. The lowest BCUT2D eigenvalue weighted by Crippen LogP contribution is -2.46. The van der Waals surface area contributed by atoms with Crippen LogP contribution in [0.3, 0.4) is 0 Å². The van der Waals surface area contributed by atoms with Gasteiger partial charge in [-0.05, 0) is 50.8 Å². The number of rotatable bonds is 6. The molecular weight excluding hydrogens is 358 g/mol. The number of aryl methyl sites for hydroxylation is 3. The fraction of sp³-hybridized carbons (Fsp3) is 0.381. The average molecular weight is 384 g/mol. The van der Waals surface area contributed by atoms with Gasteiger partial charge >= 0.3 is 0 Å². The first-order valence-corrected chi connectivity index (χ1v) is 10.2. The van der Waals surface area contributed by atoms with E-state index in [1.54, 1.807) is 4.90 Å². The van der Waals surface area contributed by atoms with Crippen molar-refractivity contribution in [1.29, 1.82) is 0 Å². The van der Waals surface area contributed by atoms with E-state index in [-0.39, 0.29) is 24.4 Å². The first-order valence-electron chi connectivity index (χ1n) is 9.18. The highest BCUT2D eigenvalue weighted by atomic mass is 32.2. The van der Waals surface area contributed by atoms with Gasteiger partial charge in [-0.1, -0.05) is 42.1 Å². The quantitative estimate of drug-likeness (QED) is 0.832. The summed E-state index contributed by atoms with van der Waals surface area (Å²) in [6, 6.07) is 12.2. The largest absolute Gasteiger partial charge is 0.352 e. The first-order chi connectivity index (χ1) is 12.9. The predicted molar refractivity (Wildman–Crippen MR) is 109 cm³/mol. The summed E-state index contributed by atoms with van der Waals surface area (Å²) in [5.41, 5.74) is 3.93. The summed E-state index contributed by atoms with van der Waals surface area (Å²) in [6.45, 7) is 5.93. The molecule has 6 heteroatoms. The fourth-order valence-electron chi connectivity index (χ4n) is 3.29. The molecule has 0 bridgehead atoms. The Labute approximate surface area is 164 Å². The zero-order chi connectivity index (χ0) is 19.4. The Morgan fingerprint density at radius 2 is 2.04 bits per heavy atom. The second kappa shape index (κ2) is 8.57. The van der Waals surface area contributed by atoms with Gasteiger partial charge in [0.1, 0.15) is 11.6 Å². The van der Waals surface area contributed by atoms with E-state index in [0.717, 1.165) is 34.8 Å². The van der Waals surface area contributed by atoms with Crippen LogP contribution in [0.2, 0.25) is 0 Å². The molecule has 1 aromatic heterocycles. The Morgan fingerprint density at radius 3 is 2.78 bits per heavy atom. The molecule has 142 valence electrons. The topological polar surface area (TPSA) is 62.3 Å². The van der Waals surface area contributed by atoms with Crippen LogP contribution >= 0.6 is 11.8 Å². The second-order valence-electron chi connectivity index (χ2n) is 7.00. The van der Waals surface area contributed by atoms with Crippen LogP contribution in [0.25, 0.3) is 0 Å². The fourth-order valence-corrected chi connectivity index (χ4v) is 4.32. The van der Waals surface area contributed by atoms with Gasteiger partial charge in [0.15, 0.2) is 0 Å². The monoisotopic (exact) mass is 383 g/mol. The highest BCUT2D eigenvalue weighted by Crippen LogP contribution is 2.36. The van der Waals surface area contributed by atoms with Gasteiger partial charge in [0.05, 0.1) is 11.4 Å². The van der Waals surface area contributed by atoms with Crippen LogP contribution in [0.15, 0.2) is 41.4 Å². The summed E-state index contributed by atoms with van der Waals surface area (Å²) in [5.74, 6) is 0.134. The number of hydrogen-bond donors (Lipinski definition) is 1. The number of thioether (sulfide) groups is 1. The molecule has 27 heavy (non-hydrogen) atoms. The third-order valence-corrected chi connectivity index (χ3v) is 5.55. The van der Waals surface area contributed by atoms with Crippen LogP contribution < -0.4 is 10.2 Å². The second-order valence-corrected chi connectivity index (χ2v) is 7.96. The summed E-state index contributed by atoms with van der Waals surface area (Å²) in [4.78, 5) is 31.1. The Morgan fingerprint density at radius 1 is 1.30 bits per heavy atom. The van der Waals surface area contributed by atoms with Gasteiger partial charge in [-0.2, -0.15) is 0 Å². The zero-order valence-electron chi connectivity index (χ0n) is 16.0. The van der Waals surface area contributed by atoms with Gasteiger partial charge in [-0.15, -0.1) is 0 Å². The van der Waals surface area contributed by atoms with E-state index < -0.39 is 0 Å². The molecule has 1 aliphatic heterocycles.